The van der Waals surface area contributed by atoms with Gasteiger partial charge in [0.05, 0.1) is 0 Å². The van der Waals surface area contributed by atoms with E-state index in [1.807, 2.05) is 11.0 Å². The summed E-state index contributed by atoms with van der Waals surface area (Å²) in [6, 6.07) is 19.0. The number of aryl methyl sites for hydroxylation is 1. The molecule has 2 aliphatic rings. The average molecular weight is 347 g/mol. The molecule has 2 aromatic carbocycles. The molecule has 2 unspecified atom stereocenters. The zero-order valence-electron chi connectivity index (χ0n) is 15.1. The molecule has 1 fully saturated rings. The van der Waals surface area contributed by atoms with E-state index in [2.05, 4.69) is 72.4 Å². The lowest BCUT2D eigenvalue weighted by molar-refractivity contribution is -0.132. The molecule has 1 saturated heterocycles. The topological polar surface area (TPSA) is 44.4 Å². The van der Waals surface area contributed by atoms with Crippen LogP contribution in [0.25, 0.3) is 5.57 Å². The number of amides is 1. The summed E-state index contributed by atoms with van der Waals surface area (Å²) in [6.07, 6.45) is 3.89. The van der Waals surface area contributed by atoms with Gasteiger partial charge in [0.15, 0.2) is 0 Å². The Hall–Kier alpha value is -2.43. The molecule has 4 heteroatoms. The van der Waals surface area contributed by atoms with E-state index >= 15 is 0 Å². The first-order valence-corrected chi connectivity index (χ1v) is 9.31. The molecule has 0 saturated carbocycles. The van der Waals surface area contributed by atoms with Gasteiger partial charge in [-0.25, -0.2) is 10.9 Å². The molecule has 1 amide bonds. The van der Waals surface area contributed by atoms with Crippen molar-refractivity contribution >= 4 is 11.5 Å². The van der Waals surface area contributed by atoms with Crippen LogP contribution in [-0.2, 0) is 4.79 Å². The molecular formula is C22H25N3O. The minimum absolute atomic E-state index is 0.159. The highest BCUT2D eigenvalue weighted by atomic mass is 16.2. The van der Waals surface area contributed by atoms with Crippen molar-refractivity contribution in [3.8, 4) is 0 Å². The Balaban J connectivity index is 1.37. The highest BCUT2D eigenvalue weighted by Gasteiger charge is 2.33. The largest absolute Gasteiger partial charge is 0.337 e. The summed E-state index contributed by atoms with van der Waals surface area (Å²) in [5.74, 6) is 0.190. The van der Waals surface area contributed by atoms with Crippen molar-refractivity contribution in [2.75, 3.05) is 13.1 Å². The third-order valence-electron chi connectivity index (χ3n) is 5.35. The molecule has 2 aliphatic heterocycles. The highest BCUT2D eigenvalue weighted by Crippen LogP contribution is 2.26. The minimum atomic E-state index is -0.159. The van der Waals surface area contributed by atoms with Crippen molar-refractivity contribution in [2.24, 2.45) is 0 Å². The molecule has 134 valence electrons. The van der Waals surface area contributed by atoms with Crippen molar-refractivity contribution < 1.29 is 4.79 Å². The molecule has 2 N–H and O–H groups in total. The van der Waals surface area contributed by atoms with E-state index < -0.39 is 0 Å². The van der Waals surface area contributed by atoms with Crippen LogP contribution < -0.4 is 10.9 Å². The molecule has 0 aliphatic carbocycles. The van der Waals surface area contributed by atoms with Gasteiger partial charge in [-0.3, -0.25) is 4.79 Å². The Morgan fingerprint density at radius 1 is 1.04 bits per heavy atom. The summed E-state index contributed by atoms with van der Waals surface area (Å²) >= 11 is 0. The Bertz CT molecular complexity index is 798. The molecule has 4 rings (SSSR count). The van der Waals surface area contributed by atoms with Gasteiger partial charge in [-0.2, -0.15) is 0 Å². The maximum Gasteiger partial charge on any atom is 0.241 e. The van der Waals surface area contributed by atoms with Gasteiger partial charge in [0.1, 0.15) is 6.04 Å². The quantitative estimate of drug-likeness (QED) is 0.896. The number of carbonyl (C=O) groups is 1. The zero-order chi connectivity index (χ0) is 17.9. The van der Waals surface area contributed by atoms with E-state index in [-0.39, 0.29) is 18.0 Å². The van der Waals surface area contributed by atoms with Crippen LogP contribution in [0.2, 0.25) is 0 Å². The van der Waals surface area contributed by atoms with Crippen LogP contribution in [0.5, 0.6) is 0 Å². The molecule has 26 heavy (non-hydrogen) atoms. The number of hydrazine groups is 1. The maximum atomic E-state index is 12.9. The third-order valence-corrected chi connectivity index (χ3v) is 5.35. The van der Waals surface area contributed by atoms with E-state index in [1.54, 1.807) is 0 Å². The SMILES string of the molecule is Cc1ccc(C2CC(C(=O)N3CC=C(c4ccccc4)CC3)NN2)cc1. The zero-order valence-corrected chi connectivity index (χ0v) is 15.1. The van der Waals surface area contributed by atoms with Gasteiger partial charge in [0.25, 0.3) is 0 Å². The first-order valence-electron chi connectivity index (χ1n) is 9.31. The Morgan fingerprint density at radius 2 is 1.81 bits per heavy atom. The Morgan fingerprint density at radius 3 is 2.50 bits per heavy atom. The molecule has 4 nitrogen and oxygen atoms in total. The number of nitrogens with one attached hydrogen (secondary N) is 2. The molecule has 2 aromatic rings. The fourth-order valence-corrected chi connectivity index (χ4v) is 3.74. The van der Waals surface area contributed by atoms with Gasteiger partial charge in [-0.15, -0.1) is 0 Å². The van der Waals surface area contributed by atoms with Gasteiger partial charge in [0, 0.05) is 19.1 Å². The molecule has 2 heterocycles. The standard InChI is InChI=1S/C22H25N3O/c1-16-7-9-19(10-8-16)20-15-21(24-23-20)22(26)25-13-11-18(12-14-25)17-5-3-2-4-6-17/h2-11,20-21,23-24H,12-15H2,1H3. The minimum Gasteiger partial charge on any atom is -0.337 e. The summed E-state index contributed by atoms with van der Waals surface area (Å²) in [7, 11) is 0. The fraction of sp³-hybridized carbons (Fsp3) is 0.318. The number of carbonyl (C=O) groups excluding carboxylic acids is 1. The summed E-state index contributed by atoms with van der Waals surface area (Å²) in [4.78, 5) is 14.8. The predicted octanol–water partition coefficient (Wildman–Crippen LogP) is 3.22. The summed E-state index contributed by atoms with van der Waals surface area (Å²) in [5, 5.41) is 0. The Kier molecular flexibility index (Phi) is 4.87. The summed E-state index contributed by atoms with van der Waals surface area (Å²) in [6.45, 7) is 3.56. The second kappa shape index (κ2) is 7.44. The van der Waals surface area contributed by atoms with Crippen LogP contribution in [0.15, 0.2) is 60.7 Å². The van der Waals surface area contributed by atoms with Gasteiger partial charge >= 0.3 is 0 Å². The van der Waals surface area contributed by atoms with Gasteiger partial charge in [0.2, 0.25) is 5.91 Å². The van der Waals surface area contributed by atoms with Gasteiger partial charge in [-0.05, 0) is 36.5 Å². The highest BCUT2D eigenvalue weighted by molar-refractivity contribution is 5.83. The van der Waals surface area contributed by atoms with Crippen LogP contribution in [-0.4, -0.2) is 29.9 Å². The predicted molar refractivity (Wildman–Crippen MR) is 104 cm³/mol. The number of hydrogen-bond acceptors (Lipinski definition) is 3. The van der Waals surface area contributed by atoms with E-state index in [1.165, 1.54) is 22.3 Å². The van der Waals surface area contributed by atoms with Crippen LogP contribution >= 0.6 is 0 Å². The van der Waals surface area contributed by atoms with Crippen molar-refractivity contribution in [2.45, 2.75) is 31.8 Å². The number of nitrogens with zero attached hydrogens (tertiary/aromatic N) is 1. The summed E-state index contributed by atoms with van der Waals surface area (Å²) in [5.41, 5.74) is 11.6. The Labute approximate surface area is 154 Å². The van der Waals surface area contributed by atoms with Gasteiger partial charge in [-0.1, -0.05) is 66.2 Å². The van der Waals surface area contributed by atoms with Crippen LogP contribution in [0.1, 0.15) is 35.6 Å². The van der Waals surface area contributed by atoms with E-state index in [4.69, 9.17) is 0 Å². The first-order chi connectivity index (χ1) is 12.7. The molecular weight excluding hydrogens is 322 g/mol. The van der Waals surface area contributed by atoms with E-state index in [0.29, 0.717) is 6.54 Å². The second-order valence-corrected chi connectivity index (χ2v) is 7.17. The molecule has 0 radical (unpaired) electrons. The monoisotopic (exact) mass is 347 g/mol. The molecule has 0 aromatic heterocycles. The normalized spacial score (nSPS) is 23.0. The maximum absolute atomic E-state index is 12.9. The van der Waals surface area contributed by atoms with Crippen LogP contribution in [0, 0.1) is 6.92 Å². The summed E-state index contributed by atoms with van der Waals surface area (Å²) < 4.78 is 0. The smallest absolute Gasteiger partial charge is 0.241 e. The second-order valence-electron chi connectivity index (χ2n) is 7.17. The lowest BCUT2D eigenvalue weighted by atomic mass is 9.98. The van der Waals surface area contributed by atoms with Gasteiger partial charge < -0.3 is 4.90 Å². The van der Waals surface area contributed by atoms with Crippen molar-refractivity contribution in [3.63, 3.8) is 0 Å². The van der Waals surface area contributed by atoms with Crippen molar-refractivity contribution in [1.82, 2.24) is 15.8 Å². The third kappa shape index (κ3) is 3.57. The fourth-order valence-electron chi connectivity index (χ4n) is 3.74. The number of benzene rings is 2. The van der Waals surface area contributed by atoms with E-state index in [9.17, 15) is 4.79 Å². The first kappa shape index (κ1) is 17.0. The van der Waals surface area contributed by atoms with Crippen LogP contribution in [0.3, 0.4) is 0 Å². The molecule has 0 bridgehead atoms. The lowest BCUT2D eigenvalue weighted by Crippen LogP contribution is -2.46. The number of rotatable bonds is 3. The number of hydrogen-bond donors (Lipinski definition) is 2. The molecule has 0 spiro atoms. The van der Waals surface area contributed by atoms with E-state index in [0.717, 1.165) is 19.4 Å². The van der Waals surface area contributed by atoms with Crippen molar-refractivity contribution in [1.29, 1.82) is 0 Å². The van der Waals surface area contributed by atoms with Crippen LogP contribution in [0.4, 0.5) is 0 Å². The lowest BCUT2D eigenvalue weighted by Gasteiger charge is -2.28. The molecule has 2 atom stereocenters. The van der Waals surface area contributed by atoms with Crippen molar-refractivity contribution in [3.05, 3.63) is 77.4 Å². The average Bonchev–Trinajstić information content (AvgIpc) is 3.19.